The molecule has 2 nitrogen and oxygen atoms in total. The zero-order valence-corrected chi connectivity index (χ0v) is 8.04. The van der Waals surface area contributed by atoms with E-state index < -0.39 is 6.10 Å². The van der Waals surface area contributed by atoms with Crippen molar-refractivity contribution in [3.8, 4) is 0 Å². The maximum Gasteiger partial charge on any atom is 0.165 e. The highest BCUT2D eigenvalue weighted by atomic mass is 16.3. The van der Waals surface area contributed by atoms with Crippen LogP contribution in [0.5, 0.6) is 0 Å². The van der Waals surface area contributed by atoms with E-state index in [9.17, 15) is 9.90 Å². The molecule has 13 heavy (non-hydrogen) atoms. The maximum absolute atomic E-state index is 11.3. The van der Waals surface area contributed by atoms with Crippen molar-refractivity contribution < 1.29 is 9.90 Å². The molecule has 1 fully saturated rings. The van der Waals surface area contributed by atoms with Crippen LogP contribution < -0.4 is 0 Å². The molecule has 0 aromatic heterocycles. The molecule has 1 atom stereocenters. The molecule has 0 amide bonds. The molecule has 1 N–H and O–H groups in total. The minimum Gasteiger partial charge on any atom is -0.385 e. The summed E-state index contributed by atoms with van der Waals surface area (Å²) in [5.41, 5.74) is 0. The molecule has 1 saturated carbocycles. The number of hydrogen-bond donors (Lipinski definition) is 1. The molecule has 1 aliphatic rings. The first-order valence-corrected chi connectivity index (χ1v) is 5.07. The number of ketones is 1. The van der Waals surface area contributed by atoms with Crippen molar-refractivity contribution in [1.82, 2.24) is 0 Å². The topological polar surface area (TPSA) is 37.3 Å². The zero-order chi connectivity index (χ0) is 9.68. The van der Waals surface area contributed by atoms with Gasteiger partial charge in [0.05, 0.1) is 0 Å². The summed E-state index contributed by atoms with van der Waals surface area (Å²) in [6.45, 7) is 3.50. The summed E-state index contributed by atoms with van der Waals surface area (Å²) in [6, 6.07) is 0. The molecule has 0 saturated heterocycles. The lowest BCUT2D eigenvalue weighted by molar-refractivity contribution is -0.129. The van der Waals surface area contributed by atoms with Crippen LogP contribution in [0.2, 0.25) is 0 Å². The van der Waals surface area contributed by atoms with Gasteiger partial charge in [0.1, 0.15) is 6.10 Å². The normalized spacial score (nSPS) is 21.0. The van der Waals surface area contributed by atoms with Gasteiger partial charge >= 0.3 is 0 Å². The highest BCUT2D eigenvalue weighted by Crippen LogP contribution is 2.27. The van der Waals surface area contributed by atoms with E-state index in [1.165, 1.54) is 6.42 Å². The average Bonchev–Trinajstić information content (AvgIpc) is 2.18. The molecular weight excluding hydrogens is 164 g/mol. The van der Waals surface area contributed by atoms with Crippen molar-refractivity contribution in [3.63, 3.8) is 0 Å². The fraction of sp³-hybridized carbons (Fsp3) is 0.727. The summed E-state index contributed by atoms with van der Waals surface area (Å²) >= 11 is 0. The summed E-state index contributed by atoms with van der Waals surface area (Å²) in [5, 5.41) is 9.68. The van der Waals surface area contributed by atoms with E-state index >= 15 is 0 Å². The summed E-state index contributed by atoms with van der Waals surface area (Å²) in [6.07, 6.45) is 6.70. The van der Waals surface area contributed by atoms with E-state index in [1.807, 2.05) is 0 Å². The van der Waals surface area contributed by atoms with Gasteiger partial charge in [-0.15, -0.1) is 6.58 Å². The van der Waals surface area contributed by atoms with Crippen LogP contribution in [0.3, 0.4) is 0 Å². The first kappa shape index (κ1) is 10.5. The van der Waals surface area contributed by atoms with E-state index in [2.05, 4.69) is 6.58 Å². The number of Topliss-reactive ketones (excluding diaryl/α,β-unsaturated/α-hetero) is 1. The van der Waals surface area contributed by atoms with E-state index in [1.54, 1.807) is 6.08 Å². The number of carbonyl (C=O) groups is 1. The Kier molecular flexibility index (Phi) is 4.16. The molecule has 1 aliphatic carbocycles. The van der Waals surface area contributed by atoms with Crippen LogP contribution in [0.25, 0.3) is 0 Å². The summed E-state index contributed by atoms with van der Waals surface area (Å²) in [5.74, 6) is 0.142. The van der Waals surface area contributed by atoms with Crippen molar-refractivity contribution in [2.45, 2.75) is 44.6 Å². The van der Waals surface area contributed by atoms with Crippen molar-refractivity contribution in [3.05, 3.63) is 12.7 Å². The Hall–Kier alpha value is -0.630. The third-order valence-electron chi connectivity index (χ3n) is 2.77. The summed E-state index contributed by atoms with van der Waals surface area (Å²) < 4.78 is 0. The smallest absolute Gasteiger partial charge is 0.165 e. The zero-order valence-electron chi connectivity index (χ0n) is 8.04. The van der Waals surface area contributed by atoms with Gasteiger partial charge in [-0.05, 0) is 18.8 Å². The molecule has 2 heteroatoms. The van der Waals surface area contributed by atoms with Crippen molar-refractivity contribution >= 4 is 5.78 Å². The summed E-state index contributed by atoms with van der Waals surface area (Å²) in [7, 11) is 0. The molecule has 0 aromatic carbocycles. The summed E-state index contributed by atoms with van der Waals surface area (Å²) in [4.78, 5) is 11.3. The van der Waals surface area contributed by atoms with E-state index in [4.69, 9.17) is 0 Å². The van der Waals surface area contributed by atoms with Gasteiger partial charge in [-0.2, -0.15) is 0 Å². The predicted octanol–water partition coefficient (Wildman–Crippen LogP) is 2.07. The minimum absolute atomic E-state index is 0.0677. The lowest BCUT2D eigenvalue weighted by atomic mass is 9.83. The SMILES string of the molecule is C=CCC(=O)C(O)C1CCCCC1. The monoisotopic (exact) mass is 182 g/mol. The Labute approximate surface area is 79.6 Å². The quantitative estimate of drug-likeness (QED) is 0.676. The van der Waals surface area contributed by atoms with Gasteiger partial charge in [-0.25, -0.2) is 0 Å². The Morgan fingerprint density at radius 3 is 2.62 bits per heavy atom. The van der Waals surface area contributed by atoms with Gasteiger partial charge in [0.15, 0.2) is 5.78 Å². The highest BCUT2D eigenvalue weighted by molar-refractivity contribution is 5.84. The Morgan fingerprint density at radius 1 is 1.46 bits per heavy atom. The van der Waals surface area contributed by atoms with Gasteiger partial charge < -0.3 is 5.11 Å². The Morgan fingerprint density at radius 2 is 2.08 bits per heavy atom. The number of rotatable bonds is 4. The minimum atomic E-state index is -0.738. The molecule has 1 rings (SSSR count). The van der Waals surface area contributed by atoms with Crippen molar-refractivity contribution in [1.29, 1.82) is 0 Å². The molecular formula is C11H18O2. The van der Waals surface area contributed by atoms with Crippen LogP contribution in [0, 0.1) is 5.92 Å². The second-order valence-electron chi connectivity index (χ2n) is 3.80. The molecule has 0 bridgehead atoms. The van der Waals surface area contributed by atoms with Gasteiger partial charge in [-0.3, -0.25) is 4.79 Å². The molecule has 0 heterocycles. The van der Waals surface area contributed by atoms with Crippen molar-refractivity contribution in [2.75, 3.05) is 0 Å². The lowest BCUT2D eigenvalue weighted by Crippen LogP contribution is -2.30. The number of hydrogen-bond acceptors (Lipinski definition) is 2. The van der Waals surface area contributed by atoms with Gasteiger partial charge in [0, 0.05) is 6.42 Å². The average molecular weight is 182 g/mol. The van der Waals surface area contributed by atoms with Crippen LogP contribution in [0.15, 0.2) is 12.7 Å². The number of aliphatic hydroxyl groups excluding tert-OH is 1. The number of carbonyl (C=O) groups excluding carboxylic acids is 1. The van der Waals surface area contributed by atoms with E-state index in [0.717, 1.165) is 25.7 Å². The fourth-order valence-electron chi connectivity index (χ4n) is 1.98. The number of aliphatic hydroxyl groups is 1. The van der Waals surface area contributed by atoms with E-state index in [-0.39, 0.29) is 11.7 Å². The van der Waals surface area contributed by atoms with Crippen molar-refractivity contribution in [2.24, 2.45) is 5.92 Å². The van der Waals surface area contributed by atoms with Crippen LogP contribution in [0.4, 0.5) is 0 Å². The maximum atomic E-state index is 11.3. The van der Waals surface area contributed by atoms with Gasteiger partial charge in [0.2, 0.25) is 0 Å². The lowest BCUT2D eigenvalue weighted by Gasteiger charge is -2.25. The third-order valence-corrected chi connectivity index (χ3v) is 2.77. The molecule has 0 aromatic rings. The molecule has 0 radical (unpaired) electrons. The molecule has 0 aliphatic heterocycles. The second kappa shape index (κ2) is 5.18. The van der Waals surface area contributed by atoms with Crippen LogP contribution >= 0.6 is 0 Å². The first-order chi connectivity index (χ1) is 6.25. The Balaban J connectivity index is 2.39. The molecule has 1 unspecified atom stereocenters. The predicted molar refractivity (Wildman–Crippen MR) is 52.4 cm³/mol. The highest BCUT2D eigenvalue weighted by Gasteiger charge is 2.26. The van der Waals surface area contributed by atoms with Crippen LogP contribution in [0.1, 0.15) is 38.5 Å². The second-order valence-corrected chi connectivity index (χ2v) is 3.80. The molecule has 0 spiro atoms. The van der Waals surface area contributed by atoms with E-state index in [0.29, 0.717) is 6.42 Å². The number of allylic oxidation sites excluding steroid dienone is 1. The first-order valence-electron chi connectivity index (χ1n) is 5.07. The standard InChI is InChI=1S/C11H18O2/c1-2-6-10(12)11(13)9-7-4-3-5-8-9/h2,9,11,13H,1,3-8H2. The largest absolute Gasteiger partial charge is 0.385 e. The van der Waals surface area contributed by atoms with Crippen LogP contribution in [-0.2, 0) is 4.79 Å². The van der Waals surface area contributed by atoms with Crippen LogP contribution in [-0.4, -0.2) is 17.0 Å². The van der Waals surface area contributed by atoms with Gasteiger partial charge in [-0.1, -0.05) is 25.3 Å². The third kappa shape index (κ3) is 2.96. The molecule has 74 valence electrons. The van der Waals surface area contributed by atoms with Gasteiger partial charge in [0.25, 0.3) is 0 Å². The fourth-order valence-corrected chi connectivity index (χ4v) is 1.98. The Bertz CT molecular complexity index is 181.